The zero-order chi connectivity index (χ0) is 18.9. The number of rotatable bonds is 5. The van der Waals surface area contributed by atoms with Gasteiger partial charge in [-0.3, -0.25) is 4.79 Å². The van der Waals surface area contributed by atoms with Gasteiger partial charge in [-0.1, -0.05) is 35.5 Å². The highest BCUT2D eigenvalue weighted by atomic mass is 16.7. The Morgan fingerprint density at radius 1 is 1.07 bits per heavy atom. The van der Waals surface area contributed by atoms with Gasteiger partial charge in [-0.2, -0.15) is 4.98 Å². The van der Waals surface area contributed by atoms with Crippen molar-refractivity contribution in [3.8, 4) is 22.9 Å². The van der Waals surface area contributed by atoms with E-state index in [2.05, 4.69) is 22.3 Å². The maximum Gasteiger partial charge on any atom is 0.232 e. The standard InChI is InChI=1S/C21H19N3O4/c25-19-11-16(12-24(19)9-8-14-4-2-1-3-5-14)21-22-20(23-28-21)15-6-7-17-18(10-15)27-13-26-17/h1-7,10,16H,8-9,11-13H2. The van der Waals surface area contributed by atoms with Crippen LogP contribution >= 0.6 is 0 Å². The third kappa shape index (κ3) is 3.19. The first-order valence-electron chi connectivity index (χ1n) is 9.31. The maximum absolute atomic E-state index is 12.4. The quantitative estimate of drug-likeness (QED) is 0.680. The lowest BCUT2D eigenvalue weighted by atomic mass is 10.1. The third-order valence-corrected chi connectivity index (χ3v) is 5.15. The van der Waals surface area contributed by atoms with Crippen LogP contribution in [0.25, 0.3) is 11.4 Å². The summed E-state index contributed by atoms with van der Waals surface area (Å²) in [7, 11) is 0. The fourth-order valence-electron chi connectivity index (χ4n) is 3.62. The molecule has 0 saturated carbocycles. The van der Waals surface area contributed by atoms with Crippen molar-refractivity contribution in [1.29, 1.82) is 0 Å². The normalized spacial score (nSPS) is 18.1. The van der Waals surface area contributed by atoms with E-state index in [0.29, 0.717) is 42.7 Å². The molecule has 0 bridgehead atoms. The largest absolute Gasteiger partial charge is 0.454 e. The first-order chi connectivity index (χ1) is 13.8. The zero-order valence-corrected chi connectivity index (χ0v) is 15.2. The Bertz CT molecular complexity index is 1000. The van der Waals surface area contributed by atoms with Gasteiger partial charge >= 0.3 is 0 Å². The molecular weight excluding hydrogens is 358 g/mol. The highest BCUT2D eigenvalue weighted by Crippen LogP contribution is 2.36. The van der Waals surface area contributed by atoms with Crippen LogP contribution in [0.2, 0.25) is 0 Å². The minimum absolute atomic E-state index is 0.0708. The van der Waals surface area contributed by atoms with E-state index in [1.807, 2.05) is 41.3 Å². The number of carbonyl (C=O) groups is 1. The van der Waals surface area contributed by atoms with E-state index in [9.17, 15) is 4.79 Å². The molecule has 2 aliphatic rings. The molecule has 1 unspecified atom stereocenters. The molecule has 28 heavy (non-hydrogen) atoms. The van der Waals surface area contributed by atoms with Crippen molar-refractivity contribution in [2.75, 3.05) is 19.9 Å². The molecule has 1 atom stereocenters. The Morgan fingerprint density at radius 3 is 2.82 bits per heavy atom. The molecule has 1 aromatic heterocycles. The number of amides is 1. The first-order valence-corrected chi connectivity index (χ1v) is 9.31. The summed E-state index contributed by atoms with van der Waals surface area (Å²) >= 11 is 0. The molecule has 7 nitrogen and oxygen atoms in total. The molecule has 0 N–H and O–H groups in total. The molecule has 7 heteroatoms. The monoisotopic (exact) mass is 377 g/mol. The van der Waals surface area contributed by atoms with Crippen LogP contribution in [0.3, 0.4) is 0 Å². The van der Waals surface area contributed by atoms with E-state index >= 15 is 0 Å². The number of fused-ring (bicyclic) bond motifs is 1. The van der Waals surface area contributed by atoms with E-state index < -0.39 is 0 Å². The SMILES string of the molecule is O=C1CC(c2nc(-c3ccc4c(c3)OCO4)no2)CN1CCc1ccccc1. The van der Waals surface area contributed by atoms with Crippen molar-refractivity contribution >= 4 is 5.91 Å². The molecule has 0 radical (unpaired) electrons. The van der Waals surface area contributed by atoms with E-state index in [1.54, 1.807) is 0 Å². The van der Waals surface area contributed by atoms with Crippen LogP contribution in [0, 0.1) is 0 Å². The number of benzene rings is 2. The molecule has 1 fully saturated rings. The molecule has 142 valence electrons. The number of hydrogen-bond donors (Lipinski definition) is 0. The lowest BCUT2D eigenvalue weighted by Gasteiger charge is -2.15. The van der Waals surface area contributed by atoms with Gasteiger partial charge in [0.2, 0.25) is 24.4 Å². The highest BCUT2D eigenvalue weighted by Gasteiger charge is 2.34. The van der Waals surface area contributed by atoms with E-state index in [4.69, 9.17) is 14.0 Å². The van der Waals surface area contributed by atoms with Crippen molar-refractivity contribution in [1.82, 2.24) is 15.0 Å². The summed E-state index contributed by atoms with van der Waals surface area (Å²) in [6.45, 7) is 1.52. The molecule has 1 saturated heterocycles. The van der Waals surface area contributed by atoms with Crippen molar-refractivity contribution in [3.05, 3.63) is 60.0 Å². The Balaban J connectivity index is 1.26. The molecule has 5 rings (SSSR count). The molecule has 0 spiro atoms. The lowest BCUT2D eigenvalue weighted by molar-refractivity contribution is -0.127. The lowest BCUT2D eigenvalue weighted by Crippen LogP contribution is -2.27. The number of hydrogen-bond acceptors (Lipinski definition) is 6. The predicted octanol–water partition coefficient (Wildman–Crippen LogP) is 3.02. The summed E-state index contributed by atoms with van der Waals surface area (Å²) in [5, 5.41) is 4.09. The number of nitrogens with zero attached hydrogens (tertiary/aromatic N) is 3. The van der Waals surface area contributed by atoms with Crippen LogP contribution in [0.15, 0.2) is 53.1 Å². The molecule has 1 amide bonds. The molecule has 3 heterocycles. The van der Waals surface area contributed by atoms with E-state index in [1.165, 1.54) is 5.56 Å². The van der Waals surface area contributed by atoms with E-state index in [0.717, 1.165) is 12.0 Å². The summed E-state index contributed by atoms with van der Waals surface area (Å²) in [6.07, 6.45) is 1.24. The summed E-state index contributed by atoms with van der Waals surface area (Å²) in [5.74, 6) is 2.43. The van der Waals surface area contributed by atoms with Crippen LogP contribution < -0.4 is 9.47 Å². The Labute approximate surface area is 161 Å². The Morgan fingerprint density at radius 2 is 1.93 bits per heavy atom. The smallest absolute Gasteiger partial charge is 0.232 e. The molecule has 2 aromatic carbocycles. The topological polar surface area (TPSA) is 77.7 Å². The van der Waals surface area contributed by atoms with E-state index in [-0.39, 0.29) is 18.6 Å². The summed E-state index contributed by atoms with van der Waals surface area (Å²) in [6, 6.07) is 15.7. The van der Waals surface area contributed by atoms with Gasteiger partial charge in [0.05, 0.1) is 5.92 Å². The van der Waals surface area contributed by atoms with Crippen LogP contribution in [-0.4, -0.2) is 40.8 Å². The van der Waals surface area contributed by atoms with Gasteiger partial charge in [0.1, 0.15) is 0 Å². The fraction of sp³-hybridized carbons (Fsp3) is 0.286. The van der Waals surface area contributed by atoms with Gasteiger partial charge in [-0.05, 0) is 30.2 Å². The second kappa shape index (κ2) is 6.99. The second-order valence-corrected chi connectivity index (χ2v) is 7.00. The highest BCUT2D eigenvalue weighted by molar-refractivity contribution is 5.79. The average molecular weight is 377 g/mol. The summed E-state index contributed by atoms with van der Waals surface area (Å²) < 4.78 is 16.2. The molecule has 0 aliphatic carbocycles. The van der Waals surface area contributed by atoms with Crippen molar-refractivity contribution in [2.24, 2.45) is 0 Å². The van der Waals surface area contributed by atoms with Crippen molar-refractivity contribution in [3.63, 3.8) is 0 Å². The van der Waals surface area contributed by atoms with Gasteiger partial charge < -0.3 is 18.9 Å². The van der Waals surface area contributed by atoms with Crippen molar-refractivity contribution in [2.45, 2.75) is 18.8 Å². The van der Waals surface area contributed by atoms with Crippen LogP contribution in [0.1, 0.15) is 23.8 Å². The molecular formula is C21H19N3O4. The number of ether oxygens (including phenoxy) is 2. The molecule has 2 aliphatic heterocycles. The van der Waals surface area contributed by atoms with Crippen LogP contribution in [-0.2, 0) is 11.2 Å². The maximum atomic E-state index is 12.4. The van der Waals surface area contributed by atoms with Gasteiger partial charge in [-0.15, -0.1) is 0 Å². The summed E-state index contributed by atoms with van der Waals surface area (Å²) in [5.41, 5.74) is 2.02. The Hall–Kier alpha value is -3.35. The first kappa shape index (κ1) is 16.8. The minimum atomic E-state index is -0.0708. The average Bonchev–Trinajstić information content (AvgIpc) is 3.46. The predicted molar refractivity (Wildman–Crippen MR) is 99.9 cm³/mol. The van der Waals surface area contributed by atoms with Gasteiger partial charge in [0.15, 0.2) is 11.5 Å². The van der Waals surface area contributed by atoms with Crippen molar-refractivity contribution < 1.29 is 18.8 Å². The summed E-state index contributed by atoms with van der Waals surface area (Å²) in [4.78, 5) is 18.8. The number of carbonyl (C=O) groups excluding carboxylic acids is 1. The third-order valence-electron chi connectivity index (χ3n) is 5.15. The van der Waals surface area contributed by atoms with Crippen LogP contribution in [0.4, 0.5) is 0 Å². The van der Waals surface area contributed by atoms with Gasteiger partial charge in [0.25, 0.3) is 0 Å². The Kier molecular flexibility index (Phi) is 4.20. The van der Waals surface area contributed by atoms with Crippen LogP contribution in [0.5, 0.6) is 11.5 Å². The number of aromatic nitrogens is 2. The minimum Gasteiger partial charge on any atom is -0.454 e. The number of likely N-dealkylation sites (tertiary alicyclic amines) is 1. The molecule has 3 aromatic rings. The fourth-order valence-corrected chi connectivity index (χ4v) is 3.62. The second-order valence-electron chi connectivity index (χ2n) is 7.00. The zero-order valence-electron chi connectivity index (χ0n) is 15.2. The van der Waals surface area contributed by atoms with Gasteiger partial charge in [0, 0.05) is 25.1 Å². The van der Waals surface area contributed by atoms with Gasteiger partial charge in [-0.25, -0.2) is 0 Å².